The summed E-state index contributed by atoms with van der Waals surface area (Å²) >= 11 is 0. The van der Waals surface area contributed by atoms with Crippen LogP contribution < -0.4 is 0 Å². The molecule has 5 nitrogen and oxygen atoms in total. The van der Waals surface area contributed by atoms with Crippen molar-refractivity contribution >= 4 is 11.9 Å². The topological polar surface area (TPSA) is 48.5 Å². The molecule has 1 aromatic heterocycles. The molecule has 0 bridgehead atoms. The Morgan fingerprint density at radius 3 is 2.71 bits per heavy atom. The Morgan fingerprint density at radius 1 is 1.64 bits per heavy atom. The highest BCUT2D eigenvalue weighted by Crippen LogP contribution is 2.11. The highest BCUT2D eigenvalue weighted by atomic mass is 16.6. The lowest BCUT2D eigenvalue weighted by atomic mass is 10.2. The van der Waals surface area contributed by atoms with Crippen molar-refractivity contribution in [3.63, 3.8) is 0 Å². The lowest BCUT2D eigenvalue weighted by Crippen LogP contribution is -2.26. The number of hydrogen-bond donors (Lipinski definition) is 0. The fourth-order valence-corrected chi connectivity index (χ4v) is 0.785. The minimum absolute atomic E-state index is 0.177. The molecule has 5 heteroatoms. The Kier molecular flexibility index (Phi) is 2.56. The standard InChI is InChI=1S/C9H11N3O2/c1-9(2,3)14-8(13)12-5-7(10-4)11-6-12/h5-6H,1-3H3. The number of aromatic nitrogens is 2. The summed E-state index contributed by atoms with van der Waals surface area (Å²) in [5.74, 6) is 0.177. The van der Waals surface area contributed by atoms with E-state index in [0.29, 0.717) is 0 Å². The van der Waals surface area contributed by atoms with Gasteiger partial charge in [0.05, 0.1) is 0 Å². The Labute approximate surface area is 82.1 Å². The van der Waals surface area contributed by atoms with Crippen LogP contribution in [-0.4, -0.2) is 21.2 Å². The van der Waals surface area contributed by atoms with Crippen LogP contribution in [0.5, 0.6) is 0 Å². The molecule has 0 radical (unpaired) electrons. The summed E-state index contributed by atoms with van der Waals surface area (Å²) < 4.78 is 6.21. The number of imidazole rings is 1. The molecule has 1 rings (SSSR count). The van der Waals surface area contributed by atoms with E-state index in [-0.39, 0.29) is 5.82 Å². The molecule has 0 amide bonds. The van der Waals surface area contributed by atoms with E-state index in [4.69, 9.17) is 11.3 Å². The van der Waals surface area contributed by atoms with Crippen LogP contribution in [0.3, 0.4) is 0 Å². The summed E-state index contributed by atoms with van der Waals surface area (Å²) in [6.45, 7) is 12.0. The van der Waals surface area contributed by atoms with Crippen molar-refractivity contribution in [2.24, 2.45) is 0 Å². The van der Waals surface area contributed by atoms with Crippen molar-refractivity contribution in [3.05, 3.63) is 23.9 Å². The van der Waals surface area contributed by atoms with Crippen LogP contribution in [0.25, 0.3) is 4.85 Å². The Balaban J connectivity index is 2.76. The maximum Gasteiger partial charge on any atom is 0.420 e. The van der Waals surface area contributed by atoms with Crippen molar-refractivity contribution in [1.82, 2.24) is 9.55 Å². The maximum atomic E-state index is 11.4. The normalized spacial score (nSPS) is 10.7. The van der Waals surface area contributed by atoms with Crippen LogP contribution in [0.4, 0.5) is 10.6 Å². The fraction of sp³-hybridized carbons (Fsp3) is 0.444. The molecule has 0 saturated heterocycles. The maximum absolute atomic E-state index is 11.4. The van der Waals surface area contributed by atoms with Crippen molar-refractivity contribution in [3.8, 4) is 0 Å². The highest BCUT2D eigenvalue weighted by Gasteiger charge is 2.18. The second-order valence-corrected chi connectivity index (χ2v) is 3.73. The summed E-state index contributed by atoms with van der Waals surface area (Å²) in [4.78, 5) is 18.2. The van der Waals surface area contributed by atoms with Gasteiger partial charge < -0.3 is 9.58 Å². The van der Waals surface area contributed by atoms with Gasteiger partial charge in [0.15, 0.2) is 6.33 Å². The van der Waals surface area contributed by atoms with Gasteiger partial charge in [-0.25, -0.2) is 9.36 Å². The molecule has 0 N–H and O–H groups in total. The number of hydrogen-bond acceptors (Lipinski definition) is 3. The van der Waals surface area contributed by atoms with Crippen LogP contribution in [0.1, 0.15) is 20.8 Å². The van der Waals surface area contributed by atoms with Gasteiger partial charge in [-0.1, -0.05) is 6.57 Å². The van der Waals surface area contributed by atoms with Crippen molar-refractivity contribution in [1.29, 1.82) is 0 Å². The number of rotatable bonds is 0. The third-order valence-electron chi connectivity index (χ3n) is 1.29. The number of carbonyl (C=O) groups is 1. The molecule has 1 aromatic rings. The van der Waals surface area contributed by atoms with Crippen LogP contribution >= 0.6 is 0 Å². The van der Waals surface area contributed by atoms with Gasteiger partial charge in [-0.05, 0) is 20.8 Å². The molecular formula is C9H11N3O2. The highest BCUT2D eigenvalue weighted by molar-refractivity contribution is 5.71. The number of carbonyl (C=O) groups excluding carboxylic acids is 1. The molecule has 0 aliphatic carbocycles. The Morgan fingerprint density at radius 2 is 2.29 bits per heavy atom. The first-order chi connectivity index (χ1) is 6.42. The number of ether oxygens (including phenoxy) is 1. The van der Waals surface area contributed by atoms with Crippen LogP contribution in [0.15, 0.2) is 12.5 Å². The first kappa shape index (κ1) is 10.3. The second-order valence-electron chi connectivity index (χ2n) is 3.73. The van der Waals surface area contributed by atoms with Crippen molar-refractivity contribution in [2.75, 3.05) is 0 Å². The van der Waals surface area contributed by atoms with Gasteiger partial charge in [0, 0.05) is 6.20 Å². The molecule has 0 atom stereocenters. The monoisotopic (exact) mass is 193 g/mol. The average molecular weight is 193 g/mol. The summed E-state index contributed by atoms with van der Waals surface area (Å²) in [7, 11) is 0. The molecule has 14 heavy (non-hydrogen) atoms. The summed E-state index contributed by atoms with van der Waals surface area (Å²) in [5, 5.41) is 0. The Bertz CT molecular complexity index is 381. The van der Waals surface area contributed by atoms with E-state index in [1.807, 2.05) is 0 Å². The van der Waals surface area contributed by atoms with Crippen LogP contribution in [0, 0.1) is 6.57 Å². The minimum Gasteiger partial charge on any atom is -0.443 e. The fourth-order valence-electron chi connectivity index (χ4n) is 0.785. The zero-order chi connectivity index (χ0) is 10.8. The van der Waals surface area contributed by atoms with Gasteiger partial charge in [0.2, 0.25) is 0 Å². The third-order valence-corrected chi connectivity index (χ3v) is 1.29. The molecule has 0 aliphatic rings. The summed E-state index contributed by atoms with van der Waals surface area (Å²) in [5.41, 5.74) is -0.542. The minimum atomic E-state index is -0.542. The van der Waals surface area contributed by atoms with Gasteiger partial charge in [-0.15, -0.1) is 4.98 Å². The largest absolute Gasteiger partial charge is 0.443 e. The van der Waals surface area contributed by atoms with Gasteiger partial charge in [0.25, 0.3) is 5.82 Å². The quantitative estimate of drug-likeness (QED) is 0.593. The molecule has 0 saturated carbocycles. The molecule has 0 spiro atoms. The summed E-state index contributed by atoms with van der Waals surface area (Å²) in [6, 6.07) is 0. The lowest BCUT2D eigenvalue weighted by Gasteiger charge is -2.18. The van der Waals surface area contributed by atoms with Crippen LogP contribution in [0.2, 0.25) is 0 Å². The van der Waals surface area contributed by atoms with E-state index in [1.54, 1.807) is 20.8 Å². The van der Waals surface area contributed by atoms with E-state index in [2.05, 4.69) is 9.83 Å². The van der Waals surface area contributed by atoms with Crippen molar-refractivity contribution < 1.29 is 9.53 Å². The average Bonchev–Trinajstić information content (AvgIpc) is 2.48. The van der Waals surface area contributed by atoms with Gasteiger partial charge >= 0.3 is 6.09 Å². The lowest BCUT2D eigenvalue weighted by molar-refractivity contribution is 0.0536. The van der Waals surface area contributed by atoms with Crippen molar-refractivity contribution in [2.45, 2.75) is 26.4 Å². The Hall–Kier alpha value is -1.83. The van der Waals surface area contributed by atoms with Gasteiger partial charge in [-0.2, -0.15) is 0 Å². The van der Waals surface area contributed by atoms with E-state index < -0.39 is 11.7 Å². The molecule has 74 valence electrons. The number of nitrogens with zero attached hydrogens (tertiary/aromatic N) is 3. The van der Waals surface area contributed by atoms with E-state index in [0.717, 1.165) is 4.57 Å². The third kappa shape index (κ3) is 2.59. The molecule has 1 heterocycles. The molecule has 0 fully saturated rings. The zero-order valence-corrected chi connectivity index (χ0v) is 8.31. The van der Waals surface area contributed by atoms with Crippen LogP contribution in [-0.2, 0) is 4.74 Å². The first-order valence-corrected chi connectivity index (χ1v) is 4.07. The SMILES string of the molecule is [C-]#[N+]c1cn(C(=O)OC(C)(C)C)cn1. The molecule has 0 aromatic carbocycles. The molecule has 0 aliphatic heterocycles. The van der Waals surface area contributed by atoms with E-state index in [1.165, 1.54) is 12.5 Å². The van der Waals surface area contributed by atoms with Gasteiger partial charge in [-0.3, -0.25) is 0 Å². The predicted molar refractivity (Wildman–Crippen MR) is 50.1 cm³/mol. The summed E-state index contributed by atoms with van der Waals surface area (Å²) in [6.07, 6.45) is 2.07. The molecule has 0 unspecified atom stereocenters. The van der Waals surface area contributed by atoms with E-state index in [9.17, 15) is 4.79 Å². The first-order valence-electron chi connectivity index (χ1n) is 4.07. The second kappa shape index (κ2) is 3.50. The zero-order valence-electron chi connectivity index (χ0n) is 8.31. The predicted octanol–water partition coefficient (Wildman–Crippen LogP) is 2.22. The van der Waals surface area contributed by atoms with E-state index >= 15 is 0 Å². The molecular weight excluding hydrogens is 182 g/mol. The van der Waals surface area contributed by atoms with Gasteiger partial charge in [0.1, 0.15) is 5.60 Å². The smallest absolute Gasteiger partial charge is 0.420 e.